The number of nitrogens with zero attached hydrogens (tertiary/aromatic N) is 3. The molecular weight excluding hydrogens is 290 g/mol. The Balaban J connectivity index is 1.52. The van der Waals surface area contributed by atoms with E-state index in [9.17, 15) is 0 Å². The largest absolute Gasteiger partial charge is 0.459 e. The highest BCUT2D eigenvalue weighted by molar-refractivity contribution is 5.77. The van der Waals surface area contributed by atoms with Gasteiger partial charge in [0.2, 0.25) is 11.8 Å². The first kappa shape index (κ1) is 14.5. The molecule has 1 aliphatic rings. The fraction of sp³-hybridized carbons (Fsp3) is 0.444. The van der Waals surface area contributed by atoms with E-state index in [2.05, 4.69) is 41.1 Å². The molecule has 120 valence electrons. The van der Waals surface area contributed by atoms with Crippen LogP contribution in [-0.4, -0.2) is 21.6 Å². The van der Waals surface area contributed by atoms with Crippen LogP contribution < -0.4 is 0 Å². The van der Waals surface area contributed by atoms with Crippen LogP contribution in [0.15, 0.2) is 39.2 Å². The molecule has 0 N–H and O–H groups in total. The molecule has 5 heteroatoms. The first-order valence-electron chi connectivity index (χ1n) is 8.29. The zero-order valence-corrected chi connectivity index (χ0v) is 13.5. The average molecular weight is 311 g/mol. The minimum atomic E-state index is 0.156. The van der Waals surface area contributed by atoms with Gasteiger partial charge in [-0.3, -0.25) is 4.90 Å². The van der Waals surface area contributed by atoms with Gasteiger partial charge in [0.15, 0.2) is 0 Å². The number of furan rings is 1. The fourth-order valence-corrected chi connectivity index (χ4v) is 2.91. The van der Waals surface area contributed by atoms with Crippen LogP contribution in [0.5, 0.6) is 0 Å². The van der Waals surface area contributed by atoms with Gasteiger partial charge in [0.1, 0.15) is 11.3 Å². The molecule has 1 aliphatic carbocycles. The molecule has 0 spiro atoms. The molecule has 2 heterocycles. The maximum Gasteiger partial charge on any atom is 0.230 e. The van der Waals surface area contributed by atoms with Crippen molar-refractivity contribution in [2.75, 3.05) is 6.54 Å². The summed E-state index contributed by atoms with van der Waals surface area (Å²) >= 11 is 0. The van der Waals surface area contributed by atoms with E-state index in [-0.39, 0.29) is 6.04 Å². The van der Waals surface area contributed by atoms with E-state index in [1.807, 2.05) is 18.2 Å². The van der Waals surface area contributed by atoms with Crippen LogP contribution in [0, 0.1) is 0 Å². The number of hydrogen-bond acceptors (Lipinski definition) is 5. The molecule has 0 radical (unpaired) electrons. The van der Waals surface area contributed by atoms with Gasteiger partial charge in [-0.2, -0.15) is 0 Å². The third kappa shape index (κ3) is 2.88. The molecule has 0 saturated heterocycles. The number of hydrogen-bond donors (Lipinski definition) is 0. The van der Waals surface area contributed by atoms with Gasteiger partial charge in [-0.15, -0.1) is 10.2 Å². The molecule has 1 aromatic carbocycles. The van der Waals surface area contributed by atoms with E-state index in [1.165, 1.54) is 12.8 Å². The summed E-state index contributed by atoms with van der Waals surface area (Å²) in [5, 5.41) is 9.50. The lowest BCUT2D eigenvalue weighted by molar-refractivity contribution is 0.173. The van der Waals surface area contributed by atoms with E-state index in [4.69, 9.17) is 8.83 Å². The third-order valence-electron chi connectivity index (χ3n) is 4.56. The summed E-state index contributed by atoms with van der Waals surface area (Å²) in [6.45, 7) is 5.82. The van der Waals surface area contributed by atoms with Crippen LogP contribution in [0.3, 0.4) is 0 Å². The number of para-hydroxylation sites is 1. The molecule has 0 aliphatic heterocycles. The van der Waals surface area contributed by atoms with Crippen molar-refractivity contribution in [2.45, 2.75) is 45.2 Å². The number of rotatable bonds is 6. The Morgan fingerprint density at radius 1 is 1.22 bits per heavy atom. The molecule has 3 aromatic rings. The zero-order chi connectivity index (χ0) is 15.8. The molecule has 4 rings (SSSR count). The topological polar surface area (TPSA) is 55.3 Å². The summed E-state index contributed by atoms with van der Waals surface area (Å²) in [7, 11) is 0. The molecule has 1 fully saturated rings. The number of fused-ring (bicyclic) bond motifs is 1. The van der Waals surface area contributed by atoms with E-state index in [0.29, 0.717) is 18.4 Å². The maximum absolute atomic E-state index is 6.00. The maximum atomic E-state index is 6.00. The molecule has 1 unspecified atom stereocenters. The Morgan fingerprint density at radius 3 is 2.78 bits per heavy atom. The van der Waals surface area contributed by atoms with Crippen molar-refractivity contribution in [3.8, 4) is 0 Å². The lowest BCUT2D eigenvalue weighted by Gasteiger charge is -2.24. The Bertz CT molecular complexity index is 770. The second-order valence-electron chi connectivity index (χ2n) is 6.23. The van der Waals surface area contributed by atoms with Crippen LogP contribution in [0.1, 0.15) is 56.2 Å². The third-order valence-corrected chi connectivity index (χ3v) is 4.56. The van der Waals surface area contributed by atoms with Gasteiger partial charge in [-0.25, -0.2) is 0 Å². The average Bonchev–Trinajstić information content (AvgIpc) is 3.16. The molecule has 1 atom stereocenters. The molecular formula is C18H21N3O2. The smallest absolute Gasteiger partial charge is 0.230 e. The highest BCUT2D eigenvalue weighted by Crippen LogP contribution is 2.39. The van der Waals surface area contributed by atoms with Crippen LogP contribution in [0.25, 0.3) is 11.0 Å². The minimum Gasteiger partial charge on any atom is -0.459 e. The van der Waals surface area contributed by atoms with Crippen molar-refractivity contribution in [1.82, 2.24) is 15.1 Å². The van der Waals surface area contributed by atoms with E-state index >= 15 is 0 Å². The lowest BCUT2D eigenvalue weighted by atomic mass is 10.2. The highest BCUT2D eigenvalue weighted by atomic mass is 16.4. The van der Waals surface area contributed by atoms with Gasteiger partial charge < -0.3 is 8.83 Å². The minimum absolute atomic E-state index is 0.156. The summed E-state index contributed by atoms with van der Waals surface area (Å²) in [4.78, 5) is 2.28. The second kappa shape index (κ2) is 5.81. The molecule has 1 saturated carbocycles. The van der Waals surface area contributed by atoms with Crippen molar-refractivity contribution in [3.05, 3.63) is 47.9 Å². The van der Waals surface area contributed by atoms with Gasteiger partial charge in [0, 0.05) is 11.3 Å². The zero-order valence-electron chi connectivity index (χ0n) is 13.5. The molecule has 0 bridgehead atoms. The Kier molecular flexibility index (Phi) is 3.65. The van der Waals surface area contributed by atoms with Crippen LogP contribution in [-0.2, 0) is 6.54 Å². The van der Waals surface area contributed by atoms with Gasteiger partial charge in [-0.1, -0.05) is 25.1 Å². The monoisotopic (exact) mass is 311 g/mol. The molecule has 0 amide bonds. The standard InChI is InChI=1S/C18H21N3O2/c1-3-21(11-17-19-20-18(23-17)13-8-9-13)12(2)16-10-14-6-4-5-7-15(14)22-16/h4-7,10,12-13H,3,8-9,11H2,1-2H3. The summed E-state index contributed by atoms with van der Waals surface area (Å²) in [6.07, 6.45) is 2.35. The number of benzene rings is 1. The molecule has 5 nitrogen and oxygen atoms in total. The SMILES string of the molecule is CCN(Cc1nnc(C2CC2)o1)C(C)c1cc2ccccc2o1. The van der Waals surface area contributed by atoms with Gasteiger partial charge in [0.05, 0.1) is 12.6 Å². The quantitative estimate of drug-likeness (QED) is 0.680. The van der Waals surface area contributed by atoms with Gasteiger partial charge >= 0.3 is 0 Å². The van der Waals surface area contributed by atoms with E-state index in [0.717, 1.165) is 29.2 Å². The van der Waals surface area contributed by atoms with Crippen LogP contribution in [0.4, 0.5) is 0 Å². The normalized spacial score (nSPS) is 16.3. The van der Waals surface area contributed by atoms with Crippen molar-refractivity contribution in [3.63, 3.8) is 0 Å². The predicted molar refractivity (Wildman–Crippen MR) is 87.0 cm³/mol. The van der Waals surface area contributed by atoms with E-state index in [1.54, 1.807) is 0 Å². The van der Waals surface area contributed by atoms with Crippen LogP contribution >= 0.6 is 0 Å². The first-order valence-corrected chi connectivity index (χ1v) is 8.29. The Morgan fingerprint density at radius 2 is 2.04 bits per heavy atom. The van der Waals surface area contributed by atoms with Crippen LogP contribution in [0.2, 0.25) is 0 Å². The van der Waals surface area contributed by atoms with E-state index < -0.39 is 0 Å². The van der Waals surface area contributed by atoms with Crippen molar-refractivity contribution < 1.29 is 8.83 Å². The predicted octanol–water partition coefficient (Wildman–Crippen LogP) is 4.28. The van der Waals surface area contributed by atoms with Crippen molar-refractivity contribution in [1.29, 1.82) is 0 Å². The number of aromatic nitrogens is 2. The Hall–Kier alpha value is -2.14. The summed E-state index contributed by atoms with van der Waals surface area (Å²) in [5.74, 6) is 2.96. The van der Waals surface area contributed by atoms with Crippen molar-refractivity contribution in [2.24, 2.45) is 0 Å². The summed E-state index contributed by atoms with van der Waals surface area (Å²) < 4.78 is 11.8. The van der Waals surface area contributed by atoms with Gasteiger partial charge in [-0.05, 0) is 38.4 Å². The second-order valence-corrected chi connectivity index (χ2v) is 6.23. The first-order chi connectivity index (χ1) is 11.2. The fourth-order valence-electron chi connectivity index (χ4n) is 2.91. The Labute approximate surface area is 135 Å². The summed E-state index contributed by atoms with van der Waals surface area (Å²) in [5.41, 5.74) is 0.930. The highest BCUT2D eigenvalue weighted by Gasteiger charge is 2.30. The summed E-state index contributed by atoms with van der Waals surface area (Å²) in [6, 6.07) is 10.4. The molecule has 2 aromatic heterocycles. The molecule has 23 heavy (non-hydrogen) atoms. The van der Waals surface area contributed by atoms with Gasteiger partial charge in [0.25, 0.3) is 0 Å². The lowest BCUT2D eigenvalue weighted by Crippen LogP contribution is -2.26. The van der Waals surface area contributed by atoms with Crippen molar-refractivity contribution >= 4 is 11.0 Å².